The molecule has 2 rings (SSSR count). The molecule has 84 valence electrons. The Kier molecular flexibility index (Phi) is 2.42. The van der Waals surface area contributed by atoms with Crippen molar-refractivity contribution in [1.29, 1.82) is 0 Å². The summed E-state index contributed by atoms with van der Waals surface area (Å²) in [6, 6.07) is 7.21. The third-order valence-corrected chi connectivity index (χ3v) is 3.15. The summed E-state index contributed by atoms with van der Waals surface area (Å²) in [5, 5.41) is 2.37. The molecule has 4 nitrogen and oxygen atoms in total. The molecule has 0 radical (unpaired) electrons. The number of amides is 2. The molecule has 1 heterocycles. The average Bonchev–Trinajstić information content (AvgIpc) is 2.25. The molecule has 1 fully saturated rings. The Labute approximate surface area is 93.8 Å². The highest BCUT2D eigenvalue weighted by Gasteiger charge is 2.39. The van der Waals surface area contributed by atoms with Crippen molar-refractivity contribution in [3.63, 3.8) is 0 Å². The Morgan fingerprint density at radius 3 is 2.44 bits per heavy atom. The number of nitrogens with two attached hydrogens (primary N) is 1. The topological polar surface area (TPSA) is 72.2 Å². The maximum absolute atomic E-state index is 11.8. The van der Waals surface area contributed by atoms with E-state index in [1.165, 1.54) is 0 Å². The molecule has 16 heavy (non-hydrogen) atoms. The van der Waals surface area contributed by atoms with E-state index in [1.54, 1.807) is 12.1 Å². The van der Waals surface area contributed by atoms with E-state index in [2.05, 4.69) is 5.32 Å². The molecule has 1 aliphatic heterocycles. The highest BCUT2D eigenvalue weighted by atomic mass is 16.2. The number of carbonyl (C=O) groups is 2. The number of hydrogen-bond acceptors (Lipinski definition) is 3. The number of nitrogen functional groups attached to an aromatic ring is 1. The summed E-state index contributed by atoms with van der Waals surface area (Å²) >= 11 is 0. The van der Waals surface area contributed by atoms with Gasteiger partial charge in [0.05, 0.1) is 5.41 Å². The summed E-state index contributed by atoms with van der Waals surface area (Å²) in [6.45, 7) is 1.85. The monoisotopic (exact) mass is 218 g/mol. The van der Waals surface area contributed by atoms with Crippen LogP contribution in [0.15, 0.2) is 24.3 Å². The fraction of sp³-hybridized carbons (Fsp3) is 0.333. The van der Waals surface area contributed by atoms with Crippen LogP contribution in [0, 0.1) is 0 Å². The van der Waals surface area contributed by atoms with Gasteiger partial charge in [-0.15, -0.1) is 0 Å². The zero-order chi connectivity index (χ0) is 11.8. The van der Waals surface area contributed by atoms with Gasteiger partial charge in [0.2, 0.25) is 11.8 Å². The molecule has 0 spiro atoms. The summed E-state index contributed by atoms with van der Waals surface area (Å²) in [7, 11) is 0. The van der Waals surface area contributed by atoms with Crippen molar-refractivity contribution in [2.75, 3.05) is 5.73 Å². The number of hydrogen-bond donors (Lipinski definition) is 2. The molecule has 1 aliphatic rings. The Hall–Kier alpha value is -1.84. The second kappa shape index (κ2) is 3.63. The lowest BCUT2D eigenvalue weighted by molar-refractivity contribution is -0.137. The predicted octanol–water partition coefficient (Wildman–Crippen LogP) is 0.963. The molecule has 1 saturated heterocycles. The maximum Gasteiger partial charge on any atom is 0.236 e. The van der Waals surface area contributed by atoms with E-state index in [-0.39, 0.29) is 11.8 Å². The molecular weight excluding hydrogens is 204 g/mol. The summed E-state index contributed by atoms with van der Waals surface area (Å²) in [5.41, 5.74) is 6.54. The first kappa shape index (κ1) is 10.7. The van der Waals surface area contributed by atoms with E-state index in [4.69, 9.17) is 5.73 Å². The average molecular weight is 218 g/mol. The van der Waals surface area contributed by atoms with Gasteiger partial charge in [0.25, 0.3) is 0 Å². The molecule has 1 atom stereocenters. The van der Waals surface area contributed by atoms with Gasteiger partial charge in [0, 0.05) is 12.1 Å². The molecule has 4 heteroatoms. The van der Waals surface area contributed by atoms with E-state index in [0.29, 0.717) is 18.5 Å². The molecule has 1 aromatic carbocycles. The van der Waals surface area contributed by atoms with Gasteiger partial charge in [0.1, 0.15) is 0 Å². The number of piperidine rings is 1. The molecule has 0 unspecified atom stereocenters. The number of benzene rings is 1. The molecular formula is C12H14N2O2. The smallest absolute Gasteiger partial charge is 0.236 e. The molecule has 0 saturated carbocycles. The summed E-state index contributed by atoms with van der Waals surface area (Å²) in [6.07, 6.45) is 0.925. The third-order valence-electron chi connectivity index (χ3n) is 3.15. The highest BCUT2D eigenvalue weighted by molar-refractivity contribution is 6.03. The molecule has 0 aliphatic carbocycles. The summed E-state index contributed by atoms with van der Waals surface area (Å²) in [4.78, 5) is 22.9. The van der Waals surface area contributed by atoms with E-state index in [1.807, 2.05) is 19.1 Å². The lowest BCUT2D eigenvalue weighted by Gasteiger charge is -2.32. The Balaban J connectivity index is 2.34. The van der Waals surface area contributed by atoms with Crippen LogP contribution in [0.1, 0.15) is 25.3 Å². The summed E-state index contributed by atoms with van der Waals surface area (Å²) < 4.78 is 0. The zero-order valence-electron chi connectivity index (χ0n) is 9.12. The van der Waals surface area contributed by atoms with Crippen molar-refractivity contribution in [2.24, 2.45) is 0 Å². The quantitative estimate of drug-likeness (QED) is 0.545. The fourth-order valence-corrected chi connectivity index (χ4v) is 1.93. The maximum atomic E-state index is 11.8. The predicted molar refractivity (Wildman–Crippen MR) is 60.6 cm³/mol. The van der Waals surface area contributed by atoms with Gasteiger partial charge < -0.3 is 5.73 Å². The van der Waals surface area contributed by atoms with E-state index >= 15 is 0 Å². The summed E-state index contributed by atoms with van der Waals surface area (Å²) in [5.74, 6) is -0.425. The molecule has 0 aromatic heterocycles. The van der Waals surface area contributed by atoms with Crippen molar-refractivity contribution in [2.45, 2.75) is 25.2 Å². The van der Waals surface area contributed by atoms with Gasteiger partial charge in [-0.2, -0.15) is 0 Å². The molecule has 2 amide bonds. The minimum atomic E-state index is -0.623. The Morgan fingerprint density at radius 2 is 1.88 bits per heavy atom. The third kappa shape index (κ3) is 1.66. The number of anilines is 1. The minimum Gasteiger partial charge on any atom is -0.399 e. The van der Waals surface area contributed by atoms with Gasteiger partial charge >= 0.3 is 0 Å². The first-order chi connectivity index (χ1) is 7.52. The van der Waals surface area contributed by atoms with E-state index in [0.717, 1.165) is 5.56 Å². The van der Waals surface area contributed by atoms with Crippen molar-refractivity contribution in [3.05, 3.63) is 29.8 Å². The van der Waals surface area contributed by atoms with E-state index < -0.39 is 5.41 Å². The number of carbonyl (C=O) groups excluding carboxylic acids is 2. The van der Waals surface area contributed by atoms with Gasteiger partial charge in [-0.05, 0) is 31.0 Å². The molecule has 3 N–H and O–H groups in total. The van der Waals surface area contributed by atoms with Crippen LogP contribution in [0.5, 0.6) is 0 Å². The van der Waals surface area contributed by atoms with Crippen LogP contribution in [-0.4, -0.2) is 11.8 Å². The van der Waals surface area contributed by atoms with Crippen LogP contribution < -0.4 is 11.1 Å². The van der Waals surface area contributed by atoms with Crippen LogP contribution >= 0.6 is 0 Å². The second-order valence-electron chi connectivity index (χ2n) is 4.33. The van der Waals surface area contributed by atoms with Crippen LogP contribution in [0.25, 0.3) is 0 Å². The van der Waals surface area contributed by atoms with Gasteiger partial charge in [-0.1, -0.05) is 12.1 Å². The van der Waals surface area contributed by atoms with Crippen LogP contribution in [0.3, 0.4) is 0 Å². The fourth-order valence-electron chi connectivity index (χ4n) is 1.93. The van der Waals surface area contributed by atoms with Crippen molar-refractivity contribution in [1.82, 2.24) is 5.32 Å². The van der Waals surface area contributed by atoms with Crippen molar-refractivity contribution >= 4 is 17.5 Å². The molecule has 0 bridgehead atoms. The molecule has 1 aromatic rings. The highest BCUT2D eigenvalue weighted by Crippen LogP contribution is 2.32. The van der Waals surface area contributed by atoms with Crippen LogP contribution in [0.4, 0.5) is 5.69 Å². The van der Waals surface area contributed by atoms with Gasteiger partial charge in [-0.25, -0.2) is 0 Å². The second-order valence-corrected chi connectivity index (χ2v) is 4.33. The van der Waals surface area contributed by atoms with Gasteiger partial charge in [0.15, 0.2) is 0 Å². The first-order valence-corrected chi connectivity index (χ1v) is 5.23. The van der Waals surface area contributed by atoms with Crippen molar-refractivity contribution in [3.8, 4) is 0 Å². The zero-order valence-corrected chi connectivity index (χ0v) is 9.12. The lowest BCUT2D eigenvalue weighted by atomic mass is 9.75. The lowest BCUT2D eigenvalue weighted by Crippen LogP contribution is -2.49. The largest absolute Gasteiger partial charge is 0.399 e. The number of imide groups is 1. The SMILES string of the molecule is C[C@@]1(c2ccc(N)cc2)CCC(=O)NC1=O. The van der Waals surface area contributed by atoms with Crippen molar-refractivity contribution < 1.29 is 9.59 Å². The number of nitrogens with one attached hydrogen (secondary N) is 1. The van der Waals surface area contributed by atoms with E-state index in [9.17, 15) is 9.59 Å². The Morgan fingerprint density at radius 1 is 1.25 bits per heavy atom. The van der Waals surface area contributed by atoms with Crippen LogP contribution in [-0.2, 0) is 15.0 Å². The standard InChI is InChI=1S/C12H14N2O2/c1-12(7-6-10(15)14-11(12)16)8-2-4-9(13)5-3-8/h2-5H,6-7,13H2,1H3,(H,14,15,16)/t12-/m0/s1. The first-order valence-electron chi connectivity index (χ1n) is 5.23. The Bertz CT molecular complexity index is 439. The normalized spacial score (nSPS) is 25.3. The van der Waals surface area contributed by atoms with Gasteiger partial charge in [-0.3, -0.25) is 14.9 Å². The van der Waals surface area contributed by atoms with Crippen LogP contribution in [0.2, 0.25) is 0 Å². The number of rotatable bonds is 1. The minimum absolute atomic E-state index is 0.196.